The number of hydrogen-bond donors (Lipinski definition) is 2. The number of carboxylic acid groups (broad SMARTS) is 1. The second-order valence-electron chi connectivity index (χ2n) is 6.55. The van der Waals surface area contributed by atoms with Crippen LogP contribution in [0.2, 0.25) is 0 Å². The molecule has 0 spiro atoms. The summed E-state index contributed by atoms with van der Waals surface area (Å²) in [6.07, 6.45) is 7.92. The lowest BCUT2D eigenvalue weighted by Gasteiger charge is -2.25. The van der Waals surface area contributed by atoms with Crippen LogP contribution in [-0.2, 0) is 4.79 Å². The van der Waals surface area contributed by atoms with Crippen molar-refractivity contribution < 1.29 is 14.7 Å². The molecule has 146 valence electrons. The van der Waals surface area contributed by atoms with Crippen LogP contribution in [0.5, 0.6) is 0 Å². The predicted octanol–water partition coefficient (Wildman–Crippen LogP) is 3.48. The Hall–Kier alpha value is -1.12. The van der Waals surface area contributed by atoms with Crippen molar-refractivity contribution in [3.05, 3.63) is 11.1 Å². The molecule has 1 aliphatic rings. The summed E-state index contributed by atoms with van der Waals surface area (Å²) < 4.78 is 0.746. The van der Waals surface area contributed by atoms with Crippen molar-refractivity contribution in [3.8, 4) is 0 Å². The first-order valence-corrected chi connectivity index (χ1v) is 11.3. The number of thiazole rings is 1. The number of nitrogens with zero attached hydrogens (tertiary/aromatic N) is 2. The number of hydrogen-bond acceptors (Lipinski definition) is 6. The SMILES string of the molecule is CCCCCCCNC[C@H]1CCC(=O)N1CCSc1nc(C(=O)O)cs1. The van der Waals surface area contributed by atoms with Gasteiger partial charge in [-0.15, -0.1) is 11.3 Å². The topological polar surface area (TPSA) is 82.5 Å². The van der Waals surface area contributed by atoms with Crippen molar-refractivity contribution >= 4 is 35.0 Å². The van der Waals surface area contributed by atoms with Gasteiger partial charge in [-0.2, -0.15) is 0 Å². The highest BCUT2D eigenvalue weighted by Crippen LogP contribution is 2.24. The highest BCUT2D eigenvalue weighted by atomic mass is 32.2. The number of nitrogens with one attached hydrogen (secondary N) is 1. The summed E-state index contributed by atoms with van der Waals surface area (Å²) >= 11 is 2.86. The van der Waals surface area contributed by atoms with Crippen molar-refractivity contribution in [2.24, 2.45) is 0 Å². The summed E-state index contributed by atoms with van der Waals surface area (Å²) in [5, 5.41) is 14.0. The van der Waals surface area contributed by atoms with Gasteiger partial charge >= 0.3 is 5.97 Å². The van der Waals surface area contributed by atoms with Gasteiger partial charge in [0.05, 0.1) is 0 Å². The van der Waals surface area contributed by atoms with Crippen molar-refractivity contribution in [1.29, 1.82) is 0 Å². The molecule has 0 unspecified atom stereocenters. The Morgan fingerprint density at radius 2 is 2.23 bits per heavy atom. The molecule has 0 aliphatic carbocycles. The minimum atomic E-state index is -0.997. The van der Waals surface area contributed by atoms with Gasteiger partial charge in [-0.05, 0) is 19.4 Å². The van der Waals surface area contributed by atoms with Crippen LogP contribution in [0.1, 0.15) is 62.4 Å². The molecule has 1 fully saturated rings. The monoisotopic (exact) mass is 399 g/mol. The Morgan fingerprint density at radius 1 is 1.42 bits per heavy atom. The minimum Gasteiger partial charge on any atom is -0.476 e. The summed E-state index contributed by atoms with van der Waals surface area (Å²) in [5.41, 5.74) is 0.0933. The molecule has 6 nitrogen and oxygen atoms in total. The van der Waals surface area contributed by atoms with Gasteiger partial charge in [0.1, 0.15) is 0 Å². The summed E-state index contributed by atoms with van der Waals surface area (Å²) in [5.74, 6) is -0.0272. The molecule has 2 heterocycles. The second-order valence-corrected chi connectivity index (χ2v) is 8.75. The third-order valence-electron chi connectivity index (χ3n) is 4.55. The van der Waals surface area contributed by atoms with Gasteiger partial charge in [0.15, 0.2) is 10.0 Å². The number of amides is 1. The number of thioether (sulfide) groups is 1. The molecule has 1 amide bonds. The predicted molar refractivity (Wildman–Crippen MR) is 106 cm³/mol. The molecular weight excluding hydrogens is 370 g/mol. The van der Waals surface area contributed by atoms with Gasteiger partial charge in [-0.25, -0.2) is 9.78 Å². The van der Waals surface area contributed by atoms with Crippen molar-refractivity contribution in [2.75, 3.05) is 25.4 Å². The number of aromatic nitrogens is 1. The van der Waals surface area contributed by atoms with Crippen LogP contribution in [0.25, 0.3) is 0 Å². The first-order valence-electron chi connectivity index (χ1n) is 9.43. The molecule has 1 saturated heterocycles. The molecule has 0 aromatic carbocycles. The zero-order chi connectivity index (χ0) is 18.8. The third-order valence-corrected chi connectivity index (χ3v) is 6.55. The number of unbranched alkanes of at least 4 members (excludes halogenated alkanes) is 4. The number of aromatic carboxylic acids is 1. The molecule has 0 bridgehead atoms. The Morgan fingerprint density at radius 3 is 2.96 bits per heavy atom. The van der Waals surface area contributed by atoms with E-state index in [2.05, 4.69) is 17.2 Å². The first kappa shape index (κ1) is 21.2. The lowest BCUT2D eigenvalue weighted by Crippen LogP contribution is -2.41. The molecule has 26 heavy (non-hydrogen) atoms. The summed E-state index contributed by atoms with van der Waals surface area (Å²) in [7, 11) is 0. The Bertz CT molecular complexity index is 580. The van der Waals surface area contributed by atoms with Crippen LogP contribution < -0.4 is 5.32 Å². The van der Waals surface area contributed by atoms with Crippen molar-refractivity contribution in [2.45, 2.75) is 62.3 Å². The number of rotatable bonds is 13. The van der Waals surface area contributed by atoms with E-state index in [0.717, 1.165) is 29.6 Å². The van der Waals surface area contributed by atoms with E-state index in [-0.39, 0.29) is 17.6 Å². The van der Waals surface area contributed by atoms with Gasteiger partial charge in [0.2, 0.25) is 5.91 Å². The highest BCUT2D eigenvalue weighted by Gasteiger charge is 2.30. The molecule has 8 heteroatoms. The maximum absolute atomic E-state index is 12.1. The highest BCUT2D eigenvalue weighted by molar-refractivity contribution is 8.01. The van der Waals surface area contributed by atoms with E-state index in [0.29, 0.717) is 13.0 Å². The van der Waals surface area contributed by atoms with Crippen LogP contribution >= 0.6 is 23.1 Å². The van der Waals surface area contributed by atoms with Gasteiger partial charge in [0, 0.05) is 36.7 Å². The number of likely N-dealkylation sites (tertiary alicyclic amines) is 1. The Kier molecular flexibility index (Phi) is 9.42. The van der Waals surface area contributed by atoms with Crippen molar-refractivity contribution in [1.82, 2.24) is 15.2 Å². The fraction of sp³-hybridized carbons (Fsp3) is 0.722. The average molecular weight is 400 g/mol. The van der Waals surface area contributed by atoms with E-state index in [4.69, 9.17) is 5.11 Å². The van der Waals surface area contributed by atoms with Gasteiger partial charge < -0.3 is 15.3 Å². The number of carbonyl (C=O) groups is 2. The smallest absolute Gasteiger partial charge is 0.355 e. The molecule has 2 N–H and O–H groups in total. The van der Waals surface area contributed by atoms with E-state index in [9.17, 15) is 9.59 Å². The summed E-state index contributed by atoms with van der Waals surface area (Å²) in [6.45, 7) is 4.80. The lowest BCUT2D eigenvalue weighted by atomic mass is 10.1. The standard InChI is InChI=1S/C18H29N3O3S2/c1-2-3-4-5-6-9-19-12-14-7-8-16(22)21(14)10-11-25-18-20-15(13-26-18)17(23)24/h13-14,19H,2-12H2,1H3,(H,23,24)/t14-/m1/s1. The van der Waals surface area contributed by atoms with E-state index >= 15 is 0 Å². The molecule has 0 radical (unpaired) electrons. The summed E-state index contributed by atoms with van der Waals surface area (Å²) in [6, 6.07) is 0.282. The van der Waals surface area contributed by atoms with Crippen LogP contribution in [-0.4, -0.2) is 58.3 Å². The third kappa shape index (κ3) is 6.89. The fourth-order valence-electron chi connectivity index (χ4n) is 3.09. The van der Waals surface area contributed by atoms with Gasteiger partial charge in [0.25, 0.3) is 0 Å². The molecule has 1 aromatic heterocycles. The molecule has 0 saturated carbocycles. The maximum Gasteiger partial charge on any atom is 0.355 e. The zero-order valence-corrected chi connectivity index (χ0v) is 17.0. The minimum absolute atomic E-state index is 0.0933. The van der Waals surface area contributed by atoms with E-state index in [1.54, 1.807) is 5.38 Å². The quantitative estimate of drug-likeness (QED) is 0.390. The zero-order valence-electron chi connectivity index (χ0n) is 15.4. The number of carboxylic acids is 1. The molecule has 1 aromatic rings. The first-order chi connectivity index (χ1) is 12.6. The van der Waals surface area contributed by atoms with Crippen LogP contribution in [0.15, 0.2) is 9.72 Å². The van der Waals surface area contributed by atoms with Crippen LogP contribution in [0, 0.1) is 0 Å². The largest absolute Gasteiger partial charge is 0.476 e. The number of carbonyl (C=O) groups excluding carboxylic acids is 1. The van der Waals surface area contributed by atoms with Crippen molar-refractivity contribution in [3.63, 3.8) is 0 Å². The van der Waals surface area contributed by atoms with E-state index in [1.807, 2.05) is 4.90 Å². The average Bonchev–Trinajstić information content (AvgIpc) is 3.22. The molecule has 1 atom stereocenters. The normalized spacial score (nSPS) is 17.2. The van der Waals surface area contributed by atoms with Crippen LogP contribution in [0.3, 0.4) is 0 Å². The lowest BCUT2D eigenvalue weighted by molar-refractivity contribution is -0.128. The molecule has 1 aliphatic heterocycles. The summed E-state index contributed by atoms with van der Waals surface area (Å²) in [4.78, 5) is 29.0. The Labute approximate surface area is 163 Å². The fourth-order valence-corrected chi connectivity index (χ4v) is 4.90. The maximum atomic E-state index is 12.1. The van der Waals surface area contributed by atoms with Crippen LogP contribution in [0.4, 0.5) is 0 Å². The second kappa shape index (κ2) is 11.6. The van der Waals surface area contributed by atoms with E-state index < -0.39 is 5.97 Å². The Balaban J connectivity index is 1.65. The molecule has 2 rings (SSSR count). The van der Waals surface area contributed by atoms with E-state index in [1.165, 1.54) is 55.2 Å². The molecular formula is C18H29N3O3S2. The van der Waals surface area contributed by atoms with Gasteiger partial charge in [-0.1, -0.05) is 44.4 Å². The van der Waals surface area contributed by atoms with Gasteiger partial charge in [-0.3, -0.25) is 4.79 Å².